The summed E-state index contributed by atoms with van der Waals surface area (Å²) in [6.45, 7) is 5.72. The molecule has 2 amide bonds. The molecule has 2 N–H and O–H groups in total. The van der Waals surface area contributed by atoms with E-state index in [1.165, 1.54) is 13.3 Å². The molecule has 94 valence electrons. The lowest BCUT2D eigenvalue weighted by atomic mass is 9.87. The number of hydroxylamine groups is 1. The number of carbonyl (C=O) groups is 1. The van der Waals surface area contributed by atoms with Crippen molar-refractivity contribution in [1.29, 1.82) is 0 Å². The normalized spacial score (nSPS) is 11.1. The molecule has 0 spiro atoms. The van der Waals surface area contributed by atoms with Crippen molar-refractivity contribution in [2.24, 2.45) is 0 Å². The fourth-order valence-electron chi connectivity index (χ4n) is 1.36. The zero-order chi connectivity index (χ0) is 13.1. The molecule has 0 aliphatic carbocycles. The van der Waals surface area contributed by atoms with Gasteiger partial charge in [0.15, 0.2) is 5.82 Å². The zero-order valence-corrected chi connectivity index (χ0v) is 10.3. The third-order valence-electron chi connectivity index (χ3n) is 2.14. The molecule has 1 aromatic heterocycles. The summed E-state index contributed by atoms with van der Waals surface area (Å²) in [5.41, 5.74) is 2.46. The van der Waals surface area contributed by atoms with Crippen LogP contribution in [0.5, 0.6) is 0 Å². The largest absolute Gasteiger partial charge is 0.343 e. The molecule has 0 aromatic carbocycles. The number of halogens is 1. The van der Waals surface area contributed by atoms with Gasteiger partial charge < -0.3 is 5.32 Å². The van der Waals surface area contributed by atoms with E-state index < -0.39 is 11.8 Å². The lowest BCUT2D eigenvalue weighted by Gasteiger charge is -2.22. The molecular weight excluding hydrogens is 225 g/mol. The van der Waals surface area contributed by atoms with Gasteiger partial charge in [0.05, 0.1) is 19.0 Å². The molecule has 0 saturated heterocycles. The van der Waals surface area contributed by atoms with E-state index in [0.717, 1.165) is 6.20 Å². The molecule has 6 heteroatoms. The van der Waals surface area contributed by atoms with Crippen molar-refractivity contribution in [3.63, 3.8) is 0 Å². The molecule has 1 aromatic rings. The minimum absolute atomic E-state index is 0.113. The topological polar surface area (TPSA) is 63.2 Å². The SMILES string of the molecule is CONC(=O)Nc1c(F)cncc1C(C)(C)C. The standard InChI is InChI=1S/C11H16FN3O2/c1-11(2,3)7-5-13-6-8(12)9(7)14-10(16)15-17-4/h5-6H,1-4H3,(H2,13,14,15,16). The van der Waals surface area contributed by atoms with Crippen LogP contribution in [0.15, 0.2) is 12.4 Å². The molecule has 0 fully saturated rings. The smallest absolute Gasteiger partial charge is 0.303 e. The van der Waals surface area contributed by atoms with Gasteiger partial charge in [0.1, 0.15) is 0 Å². The molecule has 0 saturated carbocycles. The lowest BCUT2D eigenvalue weighted by Crippen LogP contribution is -2.29. The van der Waals surface area contributed by atoms with E-state index in [9.17, 15) is 9.18 Å². The second kappa shape index (κ2) is 5.09. The van der Waals surface area contributed by atoms with E-state index in [4.69, 9.17) is 0 Å². The quantitative estimate of drug-likeness (QED) is 0.780. The van der Waals surface area contributed by atoms with Crippen molar-refractivity contribution >= 4 is 11.7 Å². The van der Waals surface area contributed by atoms with Gasteiger partial charge in [-0.15, -0.1) is 0 Å². The Morgan fingerprint density at radius 3 is 2.59 bits per heavy atom. The molecule has 0 radical (unpaired) electrons. The number of anilines is 1. The highest BCUT2D eigenvalue weighted by Crippen LogP contribution is 2.30. The predicted octanol–water partition coefficient (Wildman–Crippen LogP) is 2.20. The van der Waals surface area contributed by atoms with Crippen LogP contribution in [0.4, 0.5) is 14.9 Å². The van der Waals surface area contributed by atoms with Crippen LogP contribution < -0.4 is 10.8 Å². The minimum atomic E-state index is -0.636. The van der Waals surface area contributed by atoms with Crippen LogP contribution in [-0.4, -0.2) is 18.1 Å². The number of nitrogens with one attached hydrogen (secondary N) is 2. The number of rotatable bonds is 2. The number of hydrogen-bond donors (Lipinski definition) is 2. The molecule has 17 heavy (non-hydrogen) atoms. The van der Waals surface area contributed by atoms with Crippen LogP contribution in [0.2, 0.25) is 0 Å². The Morgan fingerprint density at radius 2 is 2.06 bits per heavy atom. The molecule has 0 aliphatic heterocycles. The van der Waals surface area contributed by atoms with Crippen LogP contribution in [0, 0.1) is 5.82 Å². The van der Waals surface area contributed by atoms with Gasteiger partial charge in [-0.2, -0.15) is 0 Å². The summed E-state index contributed by atoms with van der Waals surface area (Å²) < 4.78 is 13.6. The zero-order valence-electron chi connectivity index (χ0n) is 10.3. The third-order valence-corrected chi connectivity index (χ3v) is 2.14. The Morgan fingerprint density at radius 1 is 1.41 bits per heavy atom. The first kappa shape index (κ1) is 13.4. The number of pyridine rings is 1. The Balaban J connectivity index is 3.09. The van der Waals surface area contributed by atoms with Crippen molar-refractivity contribution in [3.05, 3.63) is 23.8 Å². The fourth-order valence-corrected chi connectivity index (χ4v) is 1.36. The Kier molecular flexibility index (Phi) is 4.01. The van der Waals surface area contributed by atoms with Gasteiger partial charge in [-0.1, -0.05) is 20.8 Å². The first-order chi connectivity index (χ1) is 7.86. The van der Waals surface area contributed by atoms with Crippen LogP contribution in [-0.2, 0) is 10.3 Å². The molecule has 0 bridgehead atoms. The summed E-state index contributed by atoms with van der Waals surface area (Å²) in [7, 11) is 1.30. The van der Waals surface area contributed by atoms with Gasteiger partial charge >= 0.3 is 6.03 Å². The number of urea groups is 1. The summed E-state index contributed by atoms with van der Waals surface area (Å²) in [6, 6.07) is -0.636. The number of amides is 2. The average Bonchev–Trinajstić information content (AvgIpc) is 2.19. The van der Waals surface area contributed by atoms with Crippen LogP contribution in [0.25, 0.3) is 0 Å². The van der Waals surface area contributed by atoms with Crippen molar-refractivity contribution < 1.29 is 14.0 Å². The van der Waals surface area contributed by atoms with Crippen molar-refractivity contribution in [1.82, 2.24) is 10.5 Å². The first-order valence-electron chi connectivity index (χ1n) is 5.10. The number of carbonyl (C=O) groups excluding carboxylic acids is 1. The van der Waals surface area contributed by atoms with E-state index >= 15 is 0 Å². The molecule has 1 rings (SSSR count). The Labute approximate surface area is 99.3 Å². The monoisotopic (exact) mass is 241 g/mol. The molecule has 0 atom stereocenters. The van der Waals surface area contributed by atoms with Crippen molar-refractivity contribution in [2.45, 2.75) is 26.2 Å². The average molecular weight is 241 g/mol. The maximum atomic E-state index is 13.6. The Hall–Kier alpha value is -1.69. The number of aromatic nitrogens is 1. The number of hydrogen-bond acceptors (Lipinski definition) is 3. The maximum absolute atomic E-state index is 13.6. The van der Waals surface area contributed by atoms with Gasteiger partial charge in [0, 0.05) is 11.8 Å². The molecule has 0 unspecified atom stereocenters. The summed E-state index contributed by atoms with van der Waals surface area (Å²) in [5.74, 6) is -0.580. The second-order valence-corrected chi connectivity index (χ2v) is 4.55. The van der Waals surface area contributed by atoms with E-state index in [-0.39, 0.29) is 11.1 Å². The van der Waals surface area contributed by atoms with Gasteiger partial charge in [0.25, 0.3) is 0 Å². The minimum Gasteiger partial charge on any atom is -0.303 e. The van der Waals surface area contributed by atoms with Crippen molar-refractivity contribution in [3.8, 4) is 0 Å². The molecule has 1 heterocycles. The molecule has 5 nitrogen and oxygen atoms in total. The van der Waals surface area contributed by atoms with Gasteiger partial charge in [-0.25, -0.2) is 14.7 Å². The maximum Gasteiger partial charge on any atom is 0.343 e. The van der Waals surface area contributed by atoms with Crippen molar-refractivity contribution in [2.75, 3.05) is 12.4 Å². The van der Waals surface area contributed by atoms with E-state index in [1.807, 2.05) is 20.8 Å². The van der Waals surface area contributed by atoms with E-state index in [0.29, 0.717) is 5.56 Å². The summed E-state index contributed by atoms with van der Waals surface area (Å²) in [4.78, 5) is 19.5. The second-order valence-electron chi connectivity index (χ2n) is 4.55. The number of nitrogens with zero attached hydrogens (tertiary/aromatic N) is 1. The van der Waals surface area contributed by atoms with E-state index in [1.54, 1.807) is 0 Å². The summed E-state index contributed by atoms with van der Waals surface area (Å²) in [5, 5.41) is 2.40. The van der Waals surface area contributed by atoms with Crippen LogP contribution >= 0.6 is 0 Å². The predicted molar refractivity (Wildman–Crippen MR) is 62.1 cm³/mol. The highest BCUT2D eigenvalue weighted by molar-refractivity contribution is 5.89. The van der Waals surface area contributed by atoms with Crippen LogP contribution in [0.3, 0.4) is 0 Å². The van der Waals surface area contributed by atoms with Crippen LogP contribution in [0.1, 0.15) is 26.3 Å². The fraction of sp³-hybridized carbons (Fsp3) is 0.455. The van der Waals surface area contributed by atoms with E-state index in [2.05, 4.69) is 20.6 Å². The highest BCUT2D eigenvalue weighted by atomic mass is 19.1. The first-order valence-corrected chi connectivity index (χ1v) is 5.10. The van der Waals surface area contributed by atoms with Gasteiger partial charge in [-0.3, -0.25) is 9.82 Å². The lowest BCUT2D eigenvalue weighted by molar-refractivity contribution is 0.114. The van der Waals surface area contributed by atoms with Gasteiger partial charge in [-0.05, 0) is 5.41 Å². The van der Waals surface area contributed by atoms with Gasteiger partial charge in [0.2, 0.25) is 0 Å². The third kappa shape index (κ3) is 3.39. The molecule has 0 aliphatic rings. The Bertz CT molecular complexity index is 416. The molecular formula is C11H16FN3O2. The highest BCUT2D eigenvalue weighted by Gasteiger charge is 2.22. The summed E-state index contributed by atoms with van der Waals surface area (Å²) in [6.07, 6.45) is 2.59. The summed E-state index contributed by atoms with van der Waals surface area (Å²) >= 11 is 0.